The van der Waals surface area contributed by atoms with Gasteiger partial charge in [0.2, 0.25) is 10.0 Å². The topological polar surface area (TPSA) is 79.0 Å². The maximum absolute atomic E-state index is 13.1. The number of amides is 1. The van der Waals surface area contributed by atoms with E-state index in [9.17, 15) is 13.2 Å². The van der Waals surface area contributed by atoms with Crippen LogP contribution in [-0.2, 0) is 10.0 Å². The lowest BCUT2D eigenvalue weighted by Gasteiger charge is -2.26. The molecule has 1 fully saturated rings. The molecule has 0 saturated carbocycles. The van der Waals surface area contributed by atoms with E-state index in [-0.39, 0.29) is 16.6 Å². The molecule has 0 spiro atoms. The van der Waals surface area contributed by atoms with Gasteiger partial charge in [-0.3, -0.25) is 4.79 Å². The van der Waals surface area contributed by atoms with E-state index in [0.29, 0.717) is 24.3 Å². The number of benzene rings is 2. The number of piperidine rings is 1. The molecule has 0 atom stereocenters. The number of hydrogen-bond donors (Lipinski definition) is 1. The molecule has 1 aliphatic heterocycles. The zero-order chi connectivity index (χ0) is 21.0. The molecule has 7 nitrogen and oxygen atoms in total. The van der Waals surface area contributed by atoms with Crippen LogP contribution in [0.25, 0.3) is 0 Å². The predicted molar refractivity (Wildman–Crippen MR) is 114 cm³/mol. The summed E-state index contributed by atoms with van der Waals surface area (Å²) in [7, 11) is 1.55. The summed E-state index contributed by atoms with van der Waals surface area (Å²) in [6.07, 6.45) is 2.73. The Bertz CT molecular complexity index is 983. The highest BCUT2D eigenvalue weighted by Crippen LogP contribution is 2.31. The molecule has 1 aliphatic rings. The lowest BCUT2D eigenvalue weighted by atomic mass is 10.1. The van der Waals surface area contributed by atoms with Gasteiger partial charge in [0.15, 0.2) is 0 Å². The second-order valence-corrected chi connectivity index (χ2v) is 9.14. The highest BCUT2D eigenvalue weighted by Gasteiger charge is 2.29. The Balaban J connectivity index is 1.88. The lowest BCUT2D eigenvalue weighted by Crippen LogP contribution is -2.35. The summed E-state index contributed by atoms with van der Waals surface area (Å²) >= 11 is 0. The minimum atomic E-state index is -3.70. The molecule has 156 valence electrons. The number of hydrogen-bond acceptors (Lipinski definition) is 5. The molecular formula is C21H27N3O4S. The maximum Gasteiger partial charge on any atom is 0.255 e. The van der Waals surface area contributed by atoms with Crippen molar-refractivity contribution in [1.29, 1.82) is 0 Å². The predicted octanol–water partition coefficient (Wildman–Crippen LogP) is 3.19. The van der Waals surface area contributed by atoms with Crippen molar-refractivity contribution in [3.8, 4) is 5.75 Å². The van der Waals surface area contributed by atoms with E-state index in [1.165, 1.54) is 17.5 Å². The molecule has 2 aromatic rings. The molecule has 0 radical (unpaired) electrons. The Labute approximate surface area is 172 Å². The van der Waals surface area contributed by atoms with Gasteiger partial charge in [-0.15, -0.1) is 0 Å². The molecule has 1 N–H and O–H groups in total. The Morgan fingerprint density at radius 2 is 1.79 bits per heavy atom. The second-order valence-electron chi connectivity index (χ2n) is 7.23. The fourth-order valence-corrected chi connectivity index (χ4v) is 5.03. The minimum Gasteiger partial charge on any atom is -0.495 e. The number of carbonyl (C=O) groups excluding carboxylic acids is 1. The van der Waals surface area contributed by atoms with Gasteiger partial charge < -0.3 is 15.0 Å². The molecule has 3 rings (SSSR count). The lowest BCUT2D eigenvalue weighted by molar-refractivity contribution is 0.102. The van der Waals surface area contributed by atoms with E-state index >= 15 is 0 Å². The number of ether oxygens (including phenoxy) is 1. The van der Waals surface area contributed by atoms with E-state index in [1.807, 2.05) is 31.1 Å². The van der Waals surface area contributed by atoms with Crippen molar-refractivity contribution in [2.45, 2.75) is 24.2 Å². The first kappa shape index (κ1) is 21.1. The van der Waals surface area contributed by atoms with E-state index in [2.05, 4.69) is 5.32 Å². The van der Waals surface area contributed by atoms with Crippen LogP contribution in [0.2, 0.25) is 0 Å². The average Bonchev–Trinajstić information content (AvgIpc) is 2.74. The van der Waals surface area contributed by atoms with Crippen LogP contribution in [0, 0.1) is 0 Å². The van der Waals surface area contributed by atoms with Crippen LogP contribution in [0.15, 0.2) is 47.4 Å². The first-order chi connectivity index (χ1) is 13.8. The fraction of sp³-hybridized carbons (Fsp3) is 0.381. The number of methoxy groups -OCH3 is 1. The van der Waals surface area contributed by atoms with Crippen LogP contribution in [0.1, 0.15) is 29.6 Å². The van der Waals surface area contributed by atoms with Gasteiger partial charge in [0, 0.05) is 44.1 Å². The summed E-state index contributed by atoms with van der Waals surface area (Å²) in [5.74, 6) is -0.0386. The monoisotopic (exact) mass is 417 g/mol. The fourth-order valence-electron chi connectivity index (χ4n) is 3.33. The number of rotatable bonds is 6. The highest BCUT2D eigenvalue weighted by molar-refractivity contribution is 7.89. The molecule has 8 heteroatoms. The molecule has 0 aromatic heterocycles. The number of carbonyl (C=O) groups is 1. The number of nitrogens with zero attached hydrogens (tertiary/aromatic N) is 2. The first-order valence-electron chi connectivity index (χ1n) is 9.60. The van der Waals surface area contributed by atoms with Crippen LogP contribution in [-0.4, -0.2) is 52.9 Å². The Kier molecular flexibility index (Phi) is 6.44. The van der Waals surface area contributed by atoms with Crippen LogP contribution in [0.4, 0.5) is 11.4 Å². The normalized spacial score (nSPS) is 15.0. The number of anilines is 2. The van der Waals surface area contributed by atoms with Gasteiger partial charge in [0.05, 0.1) is 7.11 Å². The van der Waals surface area contributed by atoms with E-state index in [1.54, 1.807) is 24.3 Å². The van der Waals surface area contributed by atoms with Gasteiger partial charge in [-0.1, -0.05) is 12.5 Å². The molecule has 1 saturated heterocycles. The third-order valence-electron chi connectivity index (χ3n) is 4.98. The van der Waals surface area contributed by atoms with Crippen molar-refractivity contribution >= 4 is 27.3 Å². The molecule has 0 aliphatic carbocycles. The van der Waals surface area contributed by atoms with Gasteiger partial charge in [0.25, 0.3) is 5.91 Å². The summed E-state index contributed by atoms with van der Waals surface area (Å²) < 4.78 is 33.0. The van der Waals surface area contributed by atoms with Crippen LogP contribution >= 0.6 is 0 Å². The van der Waals surface area contributed by atoms with E-state index in [0.717, 1.165) is 24.9 Å². The Hall–Kier alpha value is -2.58. The van der Waals surface area contributed by atoms with Crippen molar-refractivity contribution in [2.24, 2.45) is 0 Å². The summed E-state index contributed by atoms with van der Waals surface area (Å²) in [6.45, 7) is 0.999. The minimum absolute atomic E-state index is 0.0711. The SMILES string of the molecule is COc1ccc(NC(=O)c2cccc(N(C)C)c2)cc1S(=O)(=O)N1CCCCC1. The van der Waals surface area contributed by atoms with Gasteiger partial charge >= 0.3 is 0 Å². The number of nitrogens with one attached hydrogen (secondary N) is 1. The standard InChI is InChI=1S/C21H27N3O4S/c1-23(2)18-9-7-8-16(14-18)21(25)22-17-10-11-19(28-3)20(15-17)29(26,27)24-12-5-4-6-13-24/h7-11,14-15H,4-6,12-13H2,1-3H3,(H,22,25). The van der Waals surface area contributed by atoms with Gasteiger partial charge in [-0.2, -0.15) is 4.31 Å². The van der Waals surface area contributed by atoms with Crippen molar-refractivity contribution in [3.63, 3.8) is 0 Å². The van der Waals surface area contributed by atoms with Crippen LogP contribution in [0.3, 0.4) is 0 Å². The third kappa shape index (κ3) is 4.71. The summed E-state index contributed by atoms with van der Waals surface area (Å²) in [4.78, 5) is 14.7. The maximum atomic E-state index is 13.1. The van der Waals surface area contributed by atoms with Crippen molar-refractivity contribution in [2.75, 3.05) is 44.5 Å². The summed E-state index contributed by atoms with van der Waals surface area (Å²) in [5, 5.41) is 2.80. The largest absolute Gasteiger partial charge is 0.495 e. The van der Waals surface area contributed by atoms with Crippen molar-refractivity contribution in [3.05, 3.63) is 48.0 Å². The molecule has 0 unspecified atom stereocenters. The molecule has 2 aromatic carbocycles. The van der Waals surface area contributed by atoms with Gasteiger partial charge in [-0.25, -0.2) is 8.42 Å². The highest BCUT2D eigenvalue weighted by atomic mass is 32.2. The van der Waals surface area contributed by atoms with Gasteiger partial charge in [-0.05, 0) is 49.2 Å². The van der Waals surface area contributed by atoms with E-state index < -0.39 is 10.0 Å². The average molecular weight is 418 g/mol. The first-order valence-corrected chi connectivity index (χ1v) is 11.0. The molecule has 1 heterocycles. The zero-order valence-electron chi connectivity index (χ0n) is 17.0. The number of sulfonamides is 1. The molecule has 0 bridgehead atoms. The molecular weight excluding hydrogens is 390 g/mol. The summed E-state index contributed by atoms with van der Waals surface area (Å²) in [5.41, 5.74) is 1.80. The smallest absolute Gasteiger partial charge is 0.255 e. The second kappa shape index (κ2) is 8.84. The van der Waals surface area contributed by atoms with Crippen LogP contribution < -0.4 is 15.0 Å². The molecule has 29 heavy (non-hydrogen) atoms. The third-order valence-corrected chi connectivity index (χ3v) is 6.90. The molecule has 1 amide bonds. The Morgan fingerprint density at radius 3 is 2.45 bits per heavy atom. The Morgan fingerprint density at radius 1 is 1.07 bits per heavy atom. The summed E-state index contributed by atoms with van der Waals surface area (Å²) in [6, 6.07) is 11.9. The zero-order valence-corrected chi connectivity index (χ0v) is 17.8. The quantitative estimate of drug-likeness (QED) is 0.781. The van der Waals surface area contributed by atoms with Crippen molar-refractivity contribution in [1.82, 2.24) is 4.31 Å². The van der Waals surface area contributed by atoms with E-state index in [4.69, 9.17) is 4.74 Å². The van der Waals surface area contributed by atoms with Gasteiger partial charge in [0.1, 0.15) is 10.6 Å². The van der Waals surface area contributed by atoms with Crippen LogP contribution in [0.5, 0.6) is 5.75 Å². The van der Waals surface area contributed by atoms with Crippen molar-refractivity contribution < 1.29 is 17.9 Å².